The van der Waals surface area contributed by atoms with E-state index in [9.17, 15) is 9.90 Å². The van der Waals surface area contributed by atoms with Crippen LogP contribution < -0.4 is 14.8 Å². The fourth-order valence-corrected chi connectivity index (χ4v) is 2.08. The standard InChI is InChI=1S/C14H13BrN2O4/c1-20-11-6-8(5-10(15)13(11)18)14(19)17-9-3-4-12(21-2)16-7-9/h3-7,18H,1-2H3,(H,17,19). The number of rotatable bonds is 4. The van der Waals surface area contributed by atoms with Gasteiger partial charge in [-0.05, 0) is 34.1 Å². The van der Waals surface area contributed by atoms with Gasteiger partial charge in [0.1, 0.15) is 0 Å². The third kappa shape index (κ3) is 3.43. The van der Waals surface area contributed by atoms with Crippen LogP contribution in [-0.2, 0) is 0 Å². The Morgan fingerprint density at radius 3 is 2.62 bits per heavy atom. The van der Waals surface area contributed by atoms with Crippen LogP contribution in [0.15, 0.2) is 34.9 Å². The molecule has 0 saturated heterocycles. The molecule has 1 aromatic carbocycles. The minimum Gasteiger partial charge on any atom is -0.503 e. The molecule has 2 rings (SSSR count). The van der Waals surface area contributed by atoms with Crippen LogP contribution >= 0.6 is 15.9 Å². The number of methoxy groups -OCH3 is 2. The summed E-state index contributed by atoms with van der Waals surface area (Å²) in [5, 5.41) is 12.4. The maximum atomic E-state index is 12.2. The van der Waals surface area contributed by atoms with Crippen molar-refractivity contribution in [3.8, 4) is 17.4 Å². The number of carbonyl (C=O) groups excluding carboxylic acids is 1. The highest BCUT2D eigenvalue weighted by Gasteiger charge is 2.14. The smallest absolute Gasteiger partial charge is 0.255 e. The van der Waals surface area contributed by atoms with Crippen LogP contribution in [-0.4, -0.2) is 30.2 Å². The van der Waals surface area contributed by atoms with E-state index in [4.69, 9.17) is 9.47 Å². The minimum atomic E-state index is -0.346. The molecular weight excluding hydrogens is 340 g/mol. The second kappa shape index (κ2) is 6.45. The molecule has 110 valence electrons. The predicted molar refractivity (Wildman–Crippen MR) is 81.1 cm³/mol. The summed E-state index contributed by atoms with van der Waals surface area (Å²) in [4.78, 5) is 16.2. The first-order valence-corrected chi connectivity index (χ1v) is 6.72. The second-order valence-corrected chi connectivity index (χ2v) is 4.91. The summed E-state index contributed by atoms with van der Waals surface area (Å²) in [5.74, 6) is 0.269. The SMILES string of the molecule is COc1ccc(NC(=O)c2cc(Br)c(O)c(OC)c2)cn1. The molecule has 0 fully saturated rings. The van der Waals surface area contributed by atoms with Crippen molar-refractivity contribution >= 4 is 27.5 Å². The van der Waals surface area contributed by atoms with E-state index in [2.05, 4.69) is 26.2 Å². The molecule has 1 heterocycles. The summed E-state index contributed by atoms with van der Waals surface area (Å²) in [7, 11) is 2.93. The fraction of sp³-hybridized carbons (Fsp3) is 0.143. The summed E-state index contributed by atoms with van der Waals surface area (Å²) in [6.45, 7) is 0. The molecular formula is C14H13BrN2O4. The third-order valence-corrected chi connectivity index (χ3v) is 3.32. The van der Waals surface area contributed by atoms with Gasteiger partial charge in [0.25, 0.3) is 5.91 Å². The van der Waals surface area contributed by atoms with Crippen LogP contribution in [0.4, 0.5) is 5.69 Å². The Labute approximate surface area is 129 Å². The summed E-state index contributed by atoms with van der Waals surface area (Å²) in [6, 6.07) is 6.27. The minimum absolute atomic E-state index is 0.0554. The zero-order valence-corrected chi connectivity index (χ0v) is 13.0. The molecule has 2 aromatic rings. The number of halogens is 1. The number of aromatic hydroxyl groups is 1. The van der Waals surface area contributed by atoms with Crippen LogP contribution in [0.3, 0.4) is 0 Å². The number of amides is 1. The first-order chi connectivity index (χ1) is 10.0. The van der Waals surface area contributed by atoms with Crippen molar-refractivity contribution in [3.63, 3.8) is 0 Å². The molecule has 0 aliphatic heterocycles. The number of aromatic nitrogens is 1. The van der Waals surface area contributed by atoms with E-state index in [-0.39, 0.29) is 17.4 Å². The van der Waals surface area contributed by atoms with Gasteiger partial charge in [0.2, 0.25) is 5.88 Å². The number of nitrogens with one attached hydrogen (secondary N) is 1. The van der Waals surface area contributed by atoms with Gasteiger partial charge in [-0.25, -0.2) is 4.98 Å². The zero-order valence-electron chi connectivity index (χ0n) is 11.4. The van der Waals surface area contributed by atoms with Gasteiger partial charge >= 0.3 is 0 Å². The molecule has 1 amide bonds. The quantitative estimate of drug-likeness (QED) is 0.884. The molecule has 0 unspecified atom stereocenters. The maximum absolute atomic E-state index is 12.2. The predicted octanol–water partition coefficient (Wildman–Crippen LogP) is 2.82. The van der Waals surface area contributed by atoms with Crippen LogP contribution in [0.5, 0.6) is 17.4 Å². The van der Waals surface area contributed by atoms with Gasteiger partial charge in [-0.3, -0.25) is 4.79 Å². The average molecular weight is 353 g/mol. The van der Waals surface area contributed by atoms with E-state index in [1.807, 2.05) is 0 Å². The maximum Gasteiger partial charge on any atom is 0.255 e. The lowest BCUT2D eigenvalue weighted by Crippen LogP contribution is -2.12. The van der Waals surface area contributed by atoms with Crippen LogP contribution in [0.2, 0.25) is 0 Å². The molecule has 0 aliphatic carbocycles. The van der Waals surface area contributed by atoms with Crippen molar-refractivity contribution in [1.82, 2.24) is 4.98 Å². The second-order valence-electron chi connectivity index (χ2n) is 4.05. The number of carbonyl (C=O) groups is 1. The van der Waals surface area contributed by atoms with Gasteiger partial charge in [0.15, 0.2) is 11.5 Å². The van der Waals surface area contributed by atoms with Crippen molar-refractivity contribution in [2.45, 2.75) is 0 Å². The summed E-state index contributed by atoms with van der Waals surface area (Å²) < 4.78 is 10.3. The lowest BCUT2D eigenvalue weighted by molar-refractivity contribution is 0.102. The van der Waals surface area contributed by atoms with E-state index in [1.165, 1.54) is 32.5 Å². The Morgan fingerprint density at radius 2 is 2.05 bits per heavy atom. The van der Waals surface area contributed by atoms with Gasteiger partial charge in [0.05, 0.1) is 30.6 Å². The van der Waals surface area contributed by atoms with Crippen LogP contribution in [0.25, 0.3) is 0 Å². The van der Waals surface area contributed by atoms with Crippen molar-refractivity contribution in [1.29, 1.82) is 0 Å². The number of hydrogen-bond acceptors (Lipinski definition) is 5. The van der Waals surface area contributed by atoms with Gasteiger partial charge in [0, 0.05) is 11.6 Å². The molecule has 21 heavy (non-hydrogen) atoms. The van der Waals surface area contributed by atoms with Crippen molar-refractivity contribution in [2.75, 3.05) is 19.5 Å². The Balaban J connectivity index is 2.21. The Morgan fingerprint density at radius 1 is 1.29 bits per heavy atom. The Kier molecular flexibility index (Phi) is 4.64. The molecule has 2 N–H and O–H groups in total. The number of benzene rings is 1. The largest absolute Gasteiger partial charge is 0.503 e. The Bertz CT molecular complexity index is 659. The topological polar surface area (TPSA) is 80.7 Å². The van der Waals surface area contributed by atoms with E-state index in [0.717, 1.165) is 0 Å². The molecule has 0 spiro atoms. The van der Waals surface area contributed by atoms with Gasteiger partial charge < -0.3 is 19.9 Å². The molecule has 6 nitrogen and oxygen atoms in total. The highest BCUT2D eigenvalue weighted by molar-refractivity contribution is 9.10. The first kappa shape index (κ1) is 15.1. The highest BCUT2D eigenvalue weighted by atomic mass is 79.9. The zero-order chi connectivity index (χ0) is 15.4. The summed E-state index contributed by atoms with van der Waals surface area (Å²) >= 11 is 3.17. The van der Waals surface area contributed by atoms with Crippen LogP contribution in [0.1, 0.15) is 10.4 Å². The molecule has 0 atom stereocenters. The summed E-state index contributed by atoms with van der Waals surface area (Å²) in [5.41, 5.74) is 0.872. The van der Waals surface area contributed by atoms with Gasteiger partial charge in [-0.1, -0.05) is 0 Å². The normalized spacial score (nSPS) is 10.0. The first-order valence-electron chi connectivity index (χ1n) is 5.93. The number of nitrogens with zero attached hydrogens (tertiary/aromatic N) is 1. The van der Waals surface area contributed by atoms with Crippen molar-refractivity contribution in [2.24, 2.45) is 0 Å². The van der Waals surface area contributed by atoms with E-state index < -0.39 is 0 Å². The molecule has 0 radical (unpaired) electrons. The fourth-order valence-electron chi connectivity index (χ4n) is 1.64. The number of phenolic OH excluding ortho intramolecular Hbond substituents is 1. The van der Waals surface area contributed by atoms with Crippen molar-refractivity contribution in [3.05, 3.63) is 40.5 Å². The molecule has 1 aromatic heterocycles. The highest BCUT2D eigenvalue weighted by Crippen LogP contribution is 2.35. The molecule has 7 heteroatoms. The van der Waals surface area contributed by atoms with Crippen molar-refractivity contribution < 1.29 is 19.4 Å². The van der Waals surface area contributed by atoms with E-state index in [0.29, 0.717) is 21.6 Å². The lowest BCUT2D eigenvalue weighted by Gasteiger charge is -2.09. The monoisotopic (exact) mass is 352 g/mol. The van der Waals surface area contributed by atoms with Gasteiger partial charge in [-0.15, -0.1) is 0 Å². The number of ether oxygens (including phenoxy) is 2. The van der Waals surface area contributed by atoms with E-state index in [1.54, 1.807) is 12.1 Å². The molecule has 0 bridgehead atoms. The third-order valence-electron chi connectivity index (χ3n) is 2.71. The number of pyridine rings is 1. The van der Waals surface area contributed by atoms with Crippen LogP contribution in [0, 0.1) is 0 Å². The summed E-state index contributed by atoms with van der Waals surface area (Å²) in [6.07, 6.45) is 1.49. The lowest BCUT2D eigenvalue weighted by atomic mass is 10.2. The Hall–Kier alpha value is -2.28. The molecule has 0 saturated carbocycles. The van der Waals surface area contributed by atoms with E-state index >= 15 is 0 Å². The number of hydrogen-bond donors (Lipinski definition) is 2. The van der Waals surface area contributed by atoms with Gasteiger partial charge in [-0.2, -0.15) is 0 Å². The number of anilines is 1. The average Bonchev–Trinajstić information content (AvgIpc) is 2.50. The number of phenols is 1. The molecule has 0 aliphatic rings.